The van der Waals surface area contributed by atoms with E-state index in [1.165, 1.54) is 14.0 Å². The maximum absolute atomic E-state index is 14.3. The number of carbonyl (C=O) groups excluding carboxylic acids is 3. The summed E-state index contributed by atoms with van der Waals surface area (Å²) in [4.78, 5) is 53.3. The normalized spacial score (nSPS) is 37.8. The highest BCUT2D eigenvalue weighted by molar-refractivity contribution is 6.00. The maximum Gasteiger partial charge on any atom is 0.509 e. The summed E-state index contributed by atoms with van der Waals surface area (Å²) in [5, 5.41) is 18.3. The molecule has 0 radical (unpaired) electrons. The zero-order chi connectivity index (χ0) is 41.8. The summed E-state index contributed by atoms with van der Waals surface area (Å²) in [5.41, 5.74) is -1.20. The van der Waals surface area contributed by atoms with Gasteiger partial charge >= 0.3 is 12.1 Å². The molecule has 314 valence electrons. The number of aromatic nitrogens is 1. The molecule has 14 heteroatoms. The van der Waals surface area contributed by atoms with Gasteiger partial charge in [-0.2, -0.15) is 0 Å². The van der Waals surface area contributed by atoms with Crippen LogP contribution in [0, 0.1) is 23.7 Å². The van der Waals surface area contributed by atoms with Crippen molar-refractivity contribution in [3.63, 3.8) is 0 Å². The number of ether oxygens (including phenoxy) is 6. The molecule has 4 heterocycles. The highest BCUT2D eigenvalue weighted by Crippen LogP contribution is 2.42. The number of benzene rings is 1. The lowest BCUT2D eigenvalue weighted by atomic mass is 9.74. The molecule has 0 aliphatic carbocycles. The summed E-state index contributed by atoms with van der Waals surface area (Å²) in [6.07, 6.45) is 2.21. The molecule has 1 aromatic carbocycles. The summed E-state index contributed by atoms with van der Waals surface area (Å²) in [7, 11) is 5.30. The van der Waals surface area contributed by atoms with Crippen LogP contribution in [-0.2, 0) is 42.8 Å². The minimum absolute atomic E-state index is 0.110. The number of rotatable bonds is 9. The van der Waals surface area contributed by atoms with Crippen LogP contribution < -0.4 is 0 Å². The zero-order valence-electron chi connectivity index (χ0n) is 35.2. The van der Waals surface area contributed by atoms with Crippen LogP contribution in [-0.4, -0.2) is 120 Å². The van der Waals surface area contributed by atoms with Crippen LogP contribution in [0.3, 0.4) is 0 Å². The topological polar surface area (TPSA) is 165 Å². The zero-order valence-corrected chi connectivity index (χ0v) is 35.2. The summed E-state index contributed by atoms with van der Waals surface area (Å²) >= 11 is 0. The molecule has 3 aliphatic heterocycles. The largest absolute Gasteiger partial charge is 0.509 e. The van der Waals surface area contributed by atoms with Crippen LogP contribution in [0.15, 0.2) is 47.9 Å². The molecule has 0 spiro atoms. The van der Waals surface area contributed by atoms with Gasteiger partial charge in [0.05, 0.1) is 23.5 Å². The Balaban J connectivity index is 1.55. The first kappa shape index (κ1) is 44.2. The van der Waals surface area contributed by atoms with E-state index in [9.17, 15) is 19.5 Å². The number of likely N-dealkylation sites (N-methyl/N-ethyl adjacent to an activating group) is 1. The quantitative estimate of drug-likeness (QED) is 0.137. The molecule has 0 unspecified atom stereocenters. The molecule has 57 heavy (non-hydrogen) atoms. The number of Topliss-reactive ketones (excluding diaryl/α,β-unsaturated/α-hetero) is 1. The molecule has 2 aromatic rings. The third kappa shape index (κ3) is 9.36. The van der Waals surface area contributed by atoms with Gasteiger partial charge in [-0.3, -0.25) is 14.6 Å². The molecule has 0 bridgehead atoms. The predicted molar refractivity (Wildman–Crippen MR) is 213 cm³/mol. The fourth-order valence-corrected chi connectivity index (χ4v) is 8.84. The van der Waals surface area contributed by atoms with Crippen molar-refractivity contribution in [1.29, 1.82) is 0 Å². The average Bonchev–Trinajstić information content (AvgIpc) is 3.50. The third-order valence-corrected chi connectivity index (χ3v) is 12.1. The van der Waals surface area contributed by atoms with E-state index in [0.29, 0.717) is 12.1 Å². The van der Waals surface area contributed by atoms with Crippen LogP contribution in [0.4, 0.5) is 4.79 Å². The molecule has 0 saturated carbocycles. The number of carbonyl (C=O) groups is 3. The van der Waals surface area contributed by atoms with Crippen LogP contribution in [0.2, 0.25) is 0 Å². The van der Waals surface area contributed by atoms with Gasteiger partial charge < -0.3 is 43.3 Å². The van der Waals surface area contributed by atoms with Gasteiger partial charge in [0.2, 0.25) is 0 Å². The second kappa shape index (κ2) is 18.3. The van der Waals surface area contributed by atoms with Gasteiger partial charge in [-0.1, -0.05) is 63.2 Å². The molecular weight excluding hydrogens is 734 g/mol. The Morgan fingerprint density at radius 2 is 1.75 bits per heavy atom. The summed E-state index contributed by atoms with van der Waals surface area (Å²) in [6, 6.07) is 7.69. The fraction of sp³-hybridized carbons (Fsp3) is 0.651. The van der Waals surface area contributed by atoms with Gasteiger partial charge in [0.25, 0.3) is 0 Å². The van der Waals surface area contributed by atoms with Crippen molar-refractivity contribution in [2.75, 3.05) is 27.8 Å². The molecule has 13 atom stereocenters. The van der Waals surface area contributed by atoms with Crippen molar-refractivity contribution in [2.24, 2.45) is 28.8 Å². The standard InChI is InChI=1S/C43H61N3O11/c1-12-33-43(8)38(56-41(50)57-43)26(4)34(45-52-19-15-17-30-23-44-22-29-16-13-14-18-31(29)30)24(2)21-42(7,51-11)37(27(5)35(47)28(6)39(49)54-33)55-40-36(48)32(46(9)10)20-25(3)53-40/h13-18,22-28,32-33,36-38,40,48H,12,19-21H2,1-11H3/b17-15+,45-34+/t24-,25-,26+,27+,28-,32+,33-,36-,37-,38+,40-,42-,43-/m1/s1. The van der Waals surface area contributed by atoms with E-state index in [2.05, 4.69) is 4.98 Å². The number of esters is 1. The Morgan fingerprint density at radius 3 is 2.44 bits per heavy atom. The molecule has 3 saturated heterocycles. The van der Waals surface area contributed by atoms with E-state index in [-0.39, 0.29) is 31.6 Å². The number of methoxy groups -OCH3 is 1. The van der Waals surface area contributed by atoms with Crippen molar-refractivity contribution in [3.05, 3.63) is 48.3 Å². The number of hydrogen-bond donors (Lipinski definition) is 1. The first-order chi connectivity index (χ1) is 26.9. The van der Waals surface area contributed by atoms with Crippen molar-refractivity contribution in [1.82, 2.24) is 9.88 Å². The summed E-state index contributed by atoms with van der Waals surface area (Å²) in [5.74, 6) is -4.42. The van der Waals surface area contributed by atoms with Gasteiger partial charge in [0.1, 0.15) is 24.7 Å². The van der Waals surface area contributed by atoms with E-state index in [1.54, 1.807) is 27.0 Å². The number of cyclic esters (lactones) is 1. The van der Waals surface area contributed by atoms with Crippen molar-refractivity contribution in [2.45, 2.75) is 129 Å². The Bertz CT molecular complexity index is 1800. The molecule has 3 fully saturated rings. The summed E-state index contributed by atoms with van der Waals surface area (Å²) in [6.45, 7) is 14.3. The van der Waals surface area contributed by atoms with Crippen LogP contribution >= 0.6 is 0 Å². The smallest absolute Gasteiger partial charge is 0.457 e. The minimum Gasteiger partial charge on any atom is -0.457 e. The Labute approximate surface area is 336 Å². The first-order valence-electron chi connectivity index (χ1n) is 20.0. The minimum atomic E-state index is -1.43. The van der Waals surface area contributed by atoms with Gasteiger partial charge in [-0.25, -0.2) is 4.79 Å². The van der Waals surface area contributed by atoms with Gasteiger partial charge in [0.15, 0.2) is 23.8 Å². The number of fused-ring (bicyclic) bond motifs is 2. The van der Waals surface area contributed by atoms with E-state index >= 15 is 0 Å². The third-order valence-electron chi connectivity index (χ3n) is 12.1. The monoisotopic (exact) mass is 795 g/mol. The molecule has 0 amide bonds. The number of aliphatic hydroxyl groups excluding tert-OH is 1. The van der Waals surface area contributed by atoms with E-state index in [4.69, 9.17) is 38.4 Å². The number of hydrogen-bond acceptors (Lipinski definition) is 14. The van der Waals surface area contributed by atoms with Crippen LogP contribution in [0.5, 0.6) is 0 Å². The number of nitrogens with zero attached hydrogens (tertiary/aromatic N) is 3. The lowest BCUT2D eigenvalue weighted by Crippen LogP contribution is -2.59. The van der Waals surface area contributed by atoms with Crippen molar-refractivity contribution in [3.8, 4) is 0 Å². The van der Waals surface area contributed by atoms with Crippen molar-refractivity contribution >= 4 is 40.5 Å². The average molecular weight is 796 g/mol. The van der Waals surface area contributed by atoms with Crippen LogP contribution in [0.25, 0.3) is 16.8 Å². The lowest BCUT2D eigenvalue weighted by molar-refractivity contribution is -0.295. The number of pyridine rings is 1. The van der Waals surface area contributed by atoms with E-state index < -0.39 is 83.5 Å². The Hall–Kier alpha value is -3.95. The second-order valence-corrected chi connectivity index (χ2v) is 16.5. The summed E-state index contributed by atoms with van der Waals surface area (Å²) < 4.78 is 36.8. The fourth-order valence-electron chi connectivity index (χ4n) is 8.84. The molecule has 14 nitrogen and oxygen atoms in total. The SMILES string of the molecule is CC[C@H]1OC(=O)[C@H](C)C(=O)[C@H](C)[C@@H](O[C@H]2O[C@H](C)C[C@H](N(C)C)[C@H]2O)[C@](C)(OC)C[C@@H](C)/C(=N\OC/C=C/c2cncc3ccccc23)[C@H](C)[C@@H]2OC(=O)O[C@]12C. The molecule has 1 N–H and O–H groups in total. The predicted octanol–water partition coefficient (Wildman–Crippen LogP) is 5.97. The maximum atomic E-state index is 14.3. The number of ketones is 1. The number of aliphatic hydroxyl groups is 1. The second-order valence-electron chi connectivity index (χ2n) is 16.5. The molecule has 5 rings (SSSR count). The van der Waals surface area contributed by atoms with Gasteiger partial charge in [0, 0.05) is 54.2 Å². The van der Waals surface area contributed by atoms with E-state index in [0.717, 1.165) is 16.3 Å². The lowest BCUT2D eigenvalue weighted by Gasteiger charge is -2.47. The Morgan fingerprint density at radius 1 is 1.04 bits per heavy atom. The molecule has 1 aromatic heterocycles. The molecular formula is C43H61N3O11. The van der Waals surface area contributed by atoms with E-state index in [1.807, 2.05) is 89.3 Å². The Kier molecular flexibility index (Phi) is 14.2. The highest BCUT2D eigenvalue weighted by Gasteiger charge is 2.58. The molecule has 3 aliphatic rings. The van der Waals surface area contributed by atoms with Gasteiger partial charge in [-0.05, 0) is 72.5 Å². The van der Waals surface area contributed by atoms with Crippen molar-refractivity contribution < 1.29 is 52.7 Å². The van der Waals surface area contributed by atoms with Gasteiger partial charge in [-0.15, -0.1) is 0 Å². The number of oxime groups is 1. The first-order valence-corrected chi connectivity index (χ1v) is 20.0. The van der Waals surface area contributed by atoms with Crippen LogP contribution in [0.1, 0.15) is 80.2 Å². The highest BCUT2D eigenvalue weighted by atomic mass is 16.8.